The fraction of sp³-hybridized carbons (Fsp3) is 0.375. The monoisotopic (exact) mass is 189 g/mol. The lowest BCUT2D eigenvalue weighted by Crippen LogP contribution is -2.10. The van der Waals surface area contributed by atoms with E-state index in [1.54, 1.807) is 0 Å². The first kappa shape index (κ1) is 9.70. The SMILES string of the molecule is COc1c(C)[nH]c(C(F)F)cc1=O. The van der Waals surface area contributed by atoms with Crippen molar-refractivity contribution in [2.24, 2.45) is 0 Å². The van der Waals surface area contributed by atoms with Crippen molar-refractivity contribution in [1.82, 2.24) is 4.98 Å². The van der Waals surface area contributed by atoms with Crippen LogP contribution in [0.4, 0.5) is 8.78 Å². The van der Waals surface area contributed by atoms with Crippen LogP contribution < -0.4 is 10.2 Å². The molecule has 0 aliphatic carbocycles. The lowest BCUT2D eigenvalue weighted by atomic mass is 10.3. The van der Waals surface area contributed by atoms with Gasteiger partial charge in [0, 0.05) is 6.07 Å². The van der Waals surface area contributed by atoms with Gasteiger partial charge in [-0.2, -0.15) is 0 Å². The van der Waals surface area contributed by atoms with Gasteiger partial charge >= 0.3 is 0 Å². The summed E-state index contributed by atoms with van der Waals surface area (Å²) in [5.41, 5.74) is -0.609. The van der Waals surface area contributed by atoms with Crippen LogP contribution >= 0.6 is 0 Å². The Morgan fingerprint density at radius 3 is 2.54 bits per heavy atom. The molecule has 1 heterocycles. The fourth-order valence-electron chi connectivity index (χ4n) is 1.07. The summed E-state index contributed by atoms with van der Waals surface area (Å²) < 4.78 is 29.0. The second-order valence-electron chi connectivity index (χ2n) is 2.55. The zero-order chi connectivity index (χ0) is 10.0. The van der Waals surface area contributed by atoms with Gasteiger partial charge in [-0.05, 0) is 6.92 Å². The molecule has 0 atom stereocenters. The van der Waals surface area contributed by atoms with Gasteiger partial charge in [-0.15, -0.1) is 0 Å². The smallest absolute Gasteiger partial charge is 0.278 e. The van der Waals surface area contributed by atoms with E-state index in [-0.39, 0.29) is 11.4 Å². The highest BCUT2D eigenvalue weighted by molar-refractivity contribution is 5.28. The van der Waals surface area contributed by atoms with Crippen LogP contribution in [-0.2, 0) is 0 Å². The number of rotatable bonds is 2. The highest BCUT2D eigenvalue weighted by atomic mass is 19.3. The van der Waals surface area contributed by atoms with E-state index in [2.05, 4.69) is 4.98 Å². The van der Waals surface area contributed by atoms with Crippen molar-refractivity contribution in [3.63, 3.8) is 0 Å². The number of aromatic amines is 1. The number of halogens is 2. The summed E-state index contributed by atoms with van der Waals surface area (Å²) in [6.07, 6.45) is -2.67. The molecule has 72 valence electrons. The Balaban J connectivity index is 3.29. The predicted octanol–water partition coefficient (Wildman–Crippen LogP) is 1.63. The molecule has 0 saturated heterocycles. The minimum Gasteiger partial charge on any atom is -0.491 e. The molecule has 0 fully saturated rings. The minimum absolute atomic E-state index is 0.0735. The van der Waals surface area contributed by atoms with Gasteiger partial charge in [0.05, 0.1) is 18.5 Å². The van der Waals surface area contributed by atoms with Crippen LogP contribution in [0, 0.1) is 6.92 Å². The molecule has 0 aliphatic rings. The lowest BCUT2D eigenvalue weighted by Gasteiger charge is -2.05. The third-order valence-electron chi connectivity index (χ3n) is 1.62. The molecule has 0 aliphatic heterocycles. The maximum Gasteiger partial charge on any atom is 0.278 e. The first-order valence-corrected chi connectivity index (χ1v) is 3.62. The van der Waals surface area contributed by atoms with Crippen LogP contribution in [0.5, 0.6) is 5.75 Å². The van der Waals surface area contributed by atoms with E-state index in [0.717, 1.165) is 6.07 Å². The zero-order valence-electron chi connectivity index (χ0n) is 7.23. The largest absolute Gasteiger partial charge is 0.491 e. The van der Waals surface area contributed by atoms with Crippen molar-refractivity contribution in [1.29, 1.82) is 0 Å². The Labute approximate surface area is 73.4 Å². The molecular weight excluding hydrogens is 180 g/mol. The number of methoxy groups -OCH3 is 1. The van der Waals surface area contributed by atoms with E-state index in [1.165, 1.54) is 14.0 Å². The number of alkyl halides is 2. The summed E-state index contributed by atoms with van der Waals surface area (Å²) in [6.45, 7) is 1.51. The maximum atomic E-state index is 12.2. The number of hydrogen-bond acceptors (Lipinski definition) is 2. The third kappa shape index (κ3) is 1.85. The summed E-state index contributed by atoms with van der Waals surface area (Å²) in [6, 6.07) is 0.844. The second kappa shape index (κ2) is 3.55. The van der Waals surface area contributed by atoms with E-state index >= 15 is 0 Å². The Bertz CT molecular complexity index is 360. The van der Waals surface area contributed by atoms with Gasteiger partial charge in [-0.1, -0.05) is 0 Å². The van der Waals surface area contributed by atoms with Gasteiger partial charge in [0.2, 0.25) is 5.43 Å². The van der Waals surface area contributed by atoms with Crippen molar-refractivity contribution < 1.29 is 13.5 Å². The lowest BCUT2D eigenvalue weighted by molar-refractivity contribution is 0.145. The van der Waals surface area contributed by atoms with Crippen LogP contribution in [0.1, 0.15) is 17.8 Å². The zero-order valence-corrected chi connectivity index (χ0v) is 7.23. The molecule has 13 heavy (non-hydrogen) atoms. The Morgan fingerprint density at radius 1 is 1.54 bits per heavy atom. The number of H-pyrrole nitrogens is 1. The third-order valence-corrected chi connectivity index (χ3v) is 1.62. The van der Waals surface area contributed by atoms with Crippen molar-refractivity contribution in [2.45, 2.75) is 13.3 Å². The molecule has 0 spiro atoms. The van der Waals surface area contributed by atoms with Crippen LogP contribution in [0.2, 0.25) is 0 Å². The summed E-state index contributed by atoms with van der Waals surface area (Å²) in [5, 5.41) is 0. The molecule has 1 aromatic rings. The number of pyridine rings is 1. The highest BCUT2D eigenvalue weighted by Gasteiger charge is 2.12. The molecule has 0 aromatic carbocycles. The number of hydrogen-bond donors (Lipinski definition) is 1. The molecule has 1 N–H and O–H groups in total. The van der Waals surface area contributed by atoms with Gasteiger partial charge in [0.15, 0.2) is 5.75 Å². The highest BCUT2D eigenvalue weighted by Crippen LogP contribution is 2.17. The number of ether oxygens (including phenoxy) is 1. The van der Waals surface area contributed by atoms with Crippen molar-refractivity contribution in [3.05, 3.63) is 27.7 Å². The molecule has 0 unspecified atom stereocenters. The Hall–Kier alpha value is -1.39. The van der Waals surface area contributed by atoms with Crippen LogP contribution in [0.15, 0.2) is 10.9 Å². The van der Waals surface area contributed by atoms with Gasteiger partial charge < -0.3 is 9.72 Å². The first-order valence-electron chi connectivity index (χ1n) is 3.62. The fourth-order valence-corrected chi connectivity index (χ4v) is 1.07. The van der Waals surface area contributed by atoms with Crippen LogP contribution in [-0.4, -0.2) is 12.1 Å². The molecule has 1 rings (SSSR count). The predicted molar refractivity (Wildman–Crippen MR) is 43.3 cm³/mol. The van der Waals surface area contributed by atoms with E-state index in [4.69, 9.17) is 4.74 Å². The topological polar surface area (TPSA) is 42.1 Å². The maximum absolute atomic E-state index is 12.2. The van der Waals surface area contributed by atoms with Gasteiger partial charge in [0.1, 0.15) is 0 Å². The van der Waals surface area contributed by atoms with Gasteiger partial charge in [0.25, 0.3) is 6.43 Å². The van der Waals surface area contributed by atoms with Crippen molar-refractivity contribution in [2.75, 3.05) is 7.11 Å². The quantitative estimate of drug-likeness (QED) is 0.768. The normalized spacial score (nSPS) is 10.5. The summed E-state index contributed by atoms with van der Waals surface area (Å²) in [4.78, 5) is 13.5. The number of aromatic nitrogens is 1. The van der Waals surface area contributed by atoms with Gasteiger partial charge in [-0.3, -0.25) is 4.79 Å². The second-order valence-corrected chi connectivity index (χ2v) is 2.55. The molecular formula is C8H9F2NO2. The van der Waals surface area contributed by atoms with E-state index < -0.39 is 11.9 Å². The summed E-state index contributed by atoms with van der Waals surface area (Å²) in [7, 11) is 1.32. The number of aryl methyl sites for hydroxylation is 1. The molecule has 3 nitrogen and oxygen atoms in total. The van der Waals surface area contributed by atoms with E-state index in [1.807, 2.05) is 0 Å². The van der Waals surface area contributed by atoms with E-state index in [9.17, 15) is 13.6 Å². The molecule has 5 heteroatoms. The summed E-state index contributed by atoms with van der Waals surface area (Å²) >= 11 is 0. The average Bonchev–Trinajstić information content (AvgIpc) is 2.03. The first-order chi connectivity index (χ1) is 6.06. The molecule has 0 amide bonds. The molecule has 0 radical (unpaired) electrons. The molecule has 1 aromatic heterocycles. The van der Waals surface area contributed by atoms with Gasteiger partial charge in [-0.25, -0.2) is 8.78 Å². The number of nitrogens with one attached hydrogen (secondary N) is 1. The standard InChI is InChI=1S/C8H9F2NO2/c1-4-7(13-2)6(12)3-5(11-4)8(9)10/h3,8H,1-2H3,(H,11,12). The van der Waals surface area contributed by atoms with Crippen molar-refractivity contribution in [3.8, 4) is 5.75 Å². The van der Waals surface area contributed by atoms with Crippen LogP contribution in [0.3, 0.4) is 0 Å². The molecule has 0 saturated carbocycles. The van der Waals surface area contributed by atoms with E-state index in [0.29, 0.717) is 5.69 Å². The minimum atomic E-state index is -2.67. The average molecular weight is 189 g/mol. The Kier molecular flexibility index (Phi) is 2.65. The van der Waals surface area contributed by atoms with Crippen LogP contribution in [0.25, 0.3) is 0 Å². The summed E-state index contributed by atoms with van der Waals surface area (Å²) in [5.74, 6) is 0.0735. The molecule has 0 bridgehead atoms. The Morgan fingerprint density at radius 2 is 2.15 bits per heavy atom. The van der Waals surface area contributed by atoms with Crippen molar-refractivity contribution >= 4 is 0 Å².